The van der Waals surface area contributed by atoms with E-state index in [9.17, 15) is 14.7 Å². The maximum atomic E-state index is 13.3. The van der Waals surface area contributed by atoms with Crippen LogP contribution in [0.15, 0.2) is 48.5 Å². The van der Waals surface area contributed by atoms with Crippen LogP contribution < -0.4 is 4.74 Å². The lowest BCUT2D eigenvalue weighted by molar-refractivity contribution is -0.142. The van der Waals surface area contributed by atoms with Gasteiger partial charge in [0.25, 0.3) is 5.91 Å². The molecule has 5 heteroatoms. The number of para-hydroxylation sites is 1. The molecule has 2 aromatic carbocycles. The zero-order valence-electron chi connectivity index (χ0n) is 15.1. The second-order valence-corrected chi connectivity index (χ2v) is 6.82. The second-order valence-electron chi connectivity index (χ2n) is 6.82. The molecule has 0 spiro atoms. The Morgan fingerprint density at radius 2 is 1.89 bits per heavy atom. The number of carboxylic acids is 1. The molecule has 1 aliphatic carbocycles. The van der Waals surface area contributed by atoms with Crippen LogP contribution in [0.5, 0.6) is 5.75 Å². The summed E-state index contributed by atoms with van der Waals surface area (Å²) in [4.78, 5) is 24.7. The molecule has 138 valence electrons. The van der Waals surface area contributed by atoms with Crippen molar-refractivity contribution in [2.75, 3.05) is 6.61 Å². The van der Waals surface area contributed by atoms with Gasteiger partial charge in [-0.05, 0) is 62.1 Å². The minimum absolute atomic E-state index is 0.0933. The van der Waals surface area contributed by atoms with E-state index in [-0.39, 0.29) is 5.91 Å². The maximum absolute atomic E-state index is 13.3. The summed E-state index contributed by atoms with van der Waals surface area (Å²) < 4.78 is 7.21. The molecule has 0 radical (unpaired) electrons. The fraction of sp³-hybridized carbons (Fsp3) is 0.273. The number of fused-ring (bicyclic) bond motifs is 3. The van der Waals surface area contributed by atoms with Crippen molar-refractivity contribution in [2.45, 2.75) is 26.2 Å². The summed E-state index contributed by atoms with van der Waals surface area (Å²) in [6.45, 7) is 2.50. The van der Waals surface area contributed by atoms with Crippen molar-refractivity contribution in [3.05, 3.63) is 65.4 Å². The van der Waals surface area contributed by atoms with Gasteiger partial charge in [0, 0.05) is 16.6 Å². The lowest BCUT2D eigenvalue weighted by Crippen LogP contribution is -2.24. The Bertz CT molecular complexity index is 1020. The first kappa shape index (κ1) is 17.3. The molecule has 1 aromatic heterocycles. The average molecular weight is 363 g/mol. The lowest BCUT2D eigenvalue weighted by Gasteiger charge is -2.20. The standard InChI is InChI=1S/C22H21NO4/c1-2-27-16-10-7-14(8-11-16)21(24)23-19-6-4-3-5-17(19)18-13-15(22(25)26)9-12-20(18)23/h3-8,10-11,15H,2,9,12-13H2,1H3,(H,25,26). The molecular weight excluding hydrogens is 342 g/mol. The molecule has 0 amide bonds. The number of benzene rings is 2. The zero-order chi connectivity index (χ0) is 19.0. The maximum Gasteiger partial charge on any atom is 0.306 e. The Kier molecular flexibility index (Phi) is 4.44. The monoisotopic (exact) mass is 363 g/mol. The second kappa shape index (κ2) is 6.91. The summed E-state index contributed by atoms with van der Waals surface area (Å²) in [6.07, 6.45) is 1.60. The molecule has 0 fully saturated rings. The third-order valence-corrected chi connectivity index (χ3v) is 5.23. The van der Waals surface area contributed by atoms with Crippen molar-refractivity contribution in [3.63, 3.8) is 0 Å². The molecule has 1 heterocycles. The Morgan fingerprint density at radius 3 is 2.59 bits per heavy atom. The van der Waals surface area contributed by atoms with Gasteiger partial charge >= 0.3 is 5.97 Å². The Morgan fingerprint density at radius 1 is 1.15 bits per heavy atom. The van der Waals surface area contributed by atoms with Crippen LogP contribution in [0.25, 0.3) is 10.9 Å². The Balaban J connectivity index is 1.80. The van der Waals surface area contributed by atoms with E-state index in [1.807, 2.05) is 31.2 Å². The van der Waals surface area contributed by atoms with E-state index in [1.54, 1.807) is 28.8 Å². The van der Waals surface area contributed by atoms with Crippen molar-refractivity contribution in [3.8, 4) is 5.75 Å². The number of rotatable bonds is 4. The fourth-order valence-electron chi connectivity index (χ4n) is 3.94. The number of carboxylic acid groups (broad SMARTS) is 1. The summed E-state index contributed by atoms with van der Waals surface area (Å²) in [5.41, 5.74) is 3.35. The largest absolute Gasteiger partial charge is 0.494 e. The van der Waals surface area contributed by atoms with Crippen LogP contribution in [0.4, 0.5) is 0 Å². The first-order valence-electron chi connectivity index (χ1n) is 9.21. The minimum atomic E-state index is -0.768. The van der Waals surface area contributed by atoms with Crippen LogP contribution in [0.2, 0.25) is 0 Å². The number of carbonyl (C=O) groups is 2. The number of hydrogen-bond acceptors (Lipinski definition) is 3. The van der Waals surface area contributed by atoms with Crippen LogP contribution >= 0.6 is 0 Å². The highest BCUT2D eigenvalue weighted by Gasteiger charge is 2.30. The van der Waals surface area contributed by atoms with Gasteiger partial charge in [0.15, 0.2) is 0 Å². The van der Waals surface area contributed by atoms with Gasteiger partial charge in [0.05, 0.1) is 18.0 Å². The van der Waals surface area contributed by atoms with Gasteiger partial charge in [-0.3, -0.25) is 14.2 Å². The highest BCUT2D eigenvalue weighted by Crippen LogP contribution is 2.35. The SMILES string of the molecule is CCOc1ccc(C(=O)n2c3c(c4ccccc42)CC(C(=O)O)CC3)cc1. The Labute approximate surface area is 157 Å². The van der Waals surface area contributed by atoms with Crippen molar-refractivity contribution in [1.82, 2.24) is 4.57 Å². The molecule has 1 N–H and O–H groups in total. The summed E-state index contributed by atoms with van der Waals surface area (Å²) in [5, 5.41) is 10.4. The molecular formula is C22H21NO4. The van der Waals surface area contributed by atoms with E-state index in [1.165, 1.54) is 0 Å². The van der Waals surface area contributed by atoms with E-state index in [0.29, 0.717) is 31.4 Å². The zero-order valence-corrected chi connectivity index (χ0v) is 15.1. The number of carbonyl (C=O) groups excluding carboxylic acids is 1. The van der Waals surface area contributed by atoms with Crippen molar-refractivity contribution in [2.24, 2.45) is 5.92 Å². The molecule has 0 bridgehead atoms. The summed E-state index contributed by atoms with van der Waals surface area (Å²) in [7, 11) is 0. The molecule has 27 heavy (non-hydrogen) atoms. The lowest BCUT2D eigenvalue weighted by atomic mass is 9.86. The van der Waals surface area contributed by atoms with Crippen molar-refractivity contribution in [1.29, 1.82) is 0 Å². The molecule has 1 atom stereocenters. The van der Waals surface area contributed by atoms with E-state index >= 15 is 0 Å². The number of hydrogen-bond donors (Lipinski definition) is 1. The smallest absolute Gasteiger partial charge is 0.306 e. The highest BCUT2D eigenvalue weighted by atomic mass is 16.5. The summed E-state index contributed by atoms with van der Waals surface area (Å²) in [6, 6.07) is 14.9. The first-order valence-corrected chi connectivity index (χ1v) is 9.21. The third kappa shape index (κ3) is 2.99. The van der Waals surface area contributed by atoms with E-state index in [2.05, 4.69) is 0 Å². The number of ether oxygens (including phenoxy) is 1. The molecule has 0 saturated carbocycles. The number of nitrogens with zero attached hydrogens (tertiary/aromatic N) is 1. The van der Waals surface area contributed by atoms with Crippen LogP contribution in [-0.4, -0.2) is 28.2 Å². The van der Waals surface area contributed by atoms with Gasteiger partial charge in [-0.25, -0.2) is 0 Å². The van der Waals surface area contributed by atoms with Crippen molar-refractivity contribution >= 4 is 22.8 Å². The normalized spacial score (nSPS) is 16.1. The van der Waals surface area contributed by atoms with Crippen LogP contribution in [0.1, 0.15) is 35.0 Å². The average Bonchev–Trinajstić information content (AvgIpc) is 3.02. The quantitative estimate of drug-likeness (QED) is 0.763. The van der Waals surface area contributed by atoms with Gasteiger partial charge in [-0.15, -0.1) is 0 Å². The highest BCUT2D eigenvalue weighted by molar-refractivity contribution is 6.04. The molecule has 3 aromatic rings. The number of aromatic nitrogens is 1. The van der Waals surface area contributed by atoms with Crippen LogP contribution in [-0.2, 0) is 17.6 Å². The predicted octanol–water partition coefficient (Wildman–Crippen LogP) is 3.92. The molecule has 0 saturated heterocycles. The molecule has 1 aliphatic rings. The van der Waals surface area contributed by atoms with Crippen LogP contribution in [0, 0.1) is 5.92 Å². The van der Waals surface area contributed by atoms with Gasteiger partial charge in [-0.1, -0.05) is 18.2 Å². The molecule has 0 aliphatic heterocycles. The topological polar surface area (TPSA) is 68.5 Å². The number of aliphatic carboxylic acids is 1. The van der Waals surface area contributed by atoms with E-state index in [4.69, 9.17) is 4.74 Å². The third-order valence-electron chi connectivity index (χ3n) is 5.23. The first-order chi connectivity index (χ1) is 13.1. The predicted molar refractivity (Wildman–Crippen MR) is 102 cm³/mol. The van der Waals surface area contributed by atoms with Gasteiger partial charge < -0.3 is 9.84 Å². The van der Waals surface area contributed by atoms with Gasteiger partial charge in [0.1, 0.15) is 5.75 Å². The molecule has 1 unspecified atom stereocenters. The molecule has 5 nitrogen and oxygen atoms in total. The van der Waals surface area contributed by atoms with E-state index in [0.717, 1.165) is 27.9 Å². The summed E-state index contributed by atoms with van der Waals surface area (Å²) in [5.74, 6) is -0.519. The van der Waals surface area contributed by atoms with Gasteiger partial charge in [0.2, 0.25) is 0 Å². The van der Waals surface area contributed by atoms with Crippen molar-refractivity contribution < 1.29 is 19.4 Å². The van der Waals surface area contributed by atoms with Gasteiger partial charge in [-0.2, -0.15) is 0 Å². The van der Waals surface area contributed by atoms with Crippen LogP contribution in [0.3, 0.4) is 0 Å². The molecule has 4 rings (SSSR count). The summed E-state index contributed by atoms with van der Waals surface area (Å²) >= 11 is 0. The van der Waals surface area contributed by atoms with E-state index < -0.39 is 11.9 Å². The fourth-order valence-corrected chi connectivity index (χ4v) is 3.94. The minimum Gasteiger partial charge on any atom is -0.494 e. The Hall–Kier alpha value is -3.08.